The first kappa shape index (κ1) is 25.8. The number of halogens is 3. The highest BCUT2D eigenvalue weighted by molar-refractivity contribution is 5.92. The van der Waals surface area contributed by atoms with Crippen molar-refractivity contribution in [2.45, 2.75) is 39.9 Å². The number of hydrogen-bond acceptors (Lipinski definition) is 7. The summed E-state index contributed by atoms with van der Waals surface area (Å²) in [5.74, 6) is -1.91. The van der Waals surface area contributed by atoms with Crippen molar-refractivity contribution < 1.29 is 32.4 Å². The quantitative estimate of drug-likeness (QED) is 0.500. The minimum atomic E-state index is -5.08. The van der Waals surface area contributed by atoms with Gasteiger partial charge in [0.05, 0.1) is 0 Å². The molecule has 1 aliphatic heterocycles. The maximum absolute atomic E-state index is 11.9. The fourth-order valence-corrected chi connectivity index (χ4v) is 3.33. The summed E-state index contributed by atoms with van der Waals surface area (Å²) in [6.07, 6.45) is -2.25. The summed E-state index contributed by atoms with van der Waals surface area (Å²) in [6, 6.07) is 7.43. The number of nitrogens with one attached hydrogen (secondary N) is 2. The van der Waals surface area contributed by atoms with Crippen LogP contribution < -0.4 is 10.6 Å². The van der Waals surface area contributed by atoms with Crippen molar-refractivity contribution in [3.8, 4) is 22.8 Å². The third kappa shape index (κ3) is 6.41. The minimum Gasteiger partial charge on any atom is -0.475 e. The van der Waals surface area contributed by atoms with Gasteiger partial charge < -0.3 is 20.3 Å². The number of rotatable bonds is 4. The number of carboxylic acid groups (broad SMARTS) is 1. The van der Waals surface area contributed by atoms with E-state index in [-0.39, 0.29) is 11.8 Å². The van der Waals surface area contributed by atoms with Crippen molar-refractivity contribution in [2.75, 3.05) is 11.9 Å². The molecule has 0 aliphatic carbocycles. The number of fused-ring (bicyclic) bond motifs is 1. The number of carbonyl (C=O) groups is 2. The third-order valence-electron chi connectivity index (χ3n) is 5.13. The molecule has 4 rings (SSSR count). The second-order valence-corrected chi connectivity index (χ2v) is 8.10. The molecule has 0 atom stereocenters. The summed E-state index contributed by atoms with van der Waals surface area (Å²) in [5, 5.41) is 17.6. The van der Waals surface area contributed by atoms with Gasteiger partial charge in [-0.15, -0.1) is 0 Å². The lowest BCUT2D eigenvalue weighted by Gasteiger charge is -2.19. The molecule has 3 heterocycles. The van der Waals surface area contributed by atoms with E-state index in [0.29, 0.717) is 17.4 Å². The van der Waals surface area contributed by atoms with E-state index in [1.807, 2.05) is 51.2 Å². The highest BCUT2D eigenvalue weighted by Crippen LogP contribution is 2.30. The van der Waals surface area contributed by atoms with Gasteiger partial charge in [0.2, 0.25) is 11.7 Å². The van der Waals surface area contributed by atoms with E-state index in [1.54, 1.807) is 0 Å². The number of benzene rings is 1. The number of nitrogens with zero attached hydrogens (tertiary/aromatic N) is 3. The van der Waals surface area contributed by atoms with Crippen molar-refractivity contribution >= 4 is 17.6 Å². The lowest BCUT2D eigenvalue weighted by atomic mass is 9.95. The molecule has 3 aromatic rings. The van der Waals surface area contributed by atoms with Gasteiger partial charge in [0.25, 0.3) is 5.89 Å². The second-order valence-electron chi connectivity index (χ2n) is 8.10. The van der Waals surface area contributed by atoms with Crippen LogP contribution in [0.25, 0.3) is 22.8 Å². The number of carbonyl (C=O) groups excluding carboxylic acids is 1. The number of aromatic nitrogens is 3. The molecule has 9 nitrogen and oxygen atoms in total. The Balaban J connectivity index is 0.000000429. The lowest BCUT2D eigenvalue weighted by Crippen LogP contribution is -2.24. The smallest absolute Gasteiger partial charge is 0.475 e. The maximum Gasteiger partial charge on any atom is 0.490 e. The Labute approximate surface area is 198 Å². The fourth-order valence-electron chi connectivity index (χ4n) is 3.33. The van der Waals surface area contributed by atoms with Gasteiger partial charge in [-0.2, -0.15) is 18.2 Å². The standard InChI is InChI=1S/C21H23N5O2.C2HF3O2/c1-12(2)20(27)24-16-6-4-5-14(9-16)21-25-19(26-28-21)18-13(3)23-11-15-10-22-8-7-17(15)18;3-2(4,5)1(6)7/h4-6,9,11-12,22H,7-8,10H2,1-3H3,(H,24,27);(H,6,7). The van der Waals surface area contributed by atoms with E-state index in [9.17, 15) is 18.0 Å². The number of hydrogen-bond donors (Lipinski definition) is 3. The number of alkyl halides is 3. The Morgan fingerprint density at radius 1 is 1.26 bits per heavy atom. The number of aliphatic carboxylic acids is 1. The molecule has 0 spiro atoms. The molecule has 1 amide bonds. The molecular weight excluding hydrogens is 467 g/mol. The predicted molar refractivity (Wildman–Crippen MR) is 120 cm³/mol. The third-order valence-corrected chi connectivity index (χ3v) is 5.13. The van der Waals surface area contributed by atoms with Crippen LogP contribution in [-0.4, -0.2) is 44.8 Å². The van der Waals surface area contributed by atoms with Crippen LogP contribution in [-0.2, 0) is 22.6 Å². The van der Waals surface area contributed by atoms with Gasteiger partial charge in [0, 0.05) is 41.2 Å². The zero-order valence-corrected chi connectivity index (χ0v) is 19.2. The van der Waals surface area contributed by atoms with Crippen molar-refractivity contribution in [3.05, 3.63) is 47.3 Å². The monoisotopic (exact) mass is 491 g/mol. The highest BCUT2D eigenvalue weighted by atomic mass is 19.4. The van der Waals surface area contributed by atoms with Crippen LogP contribution in [0.2, 0.25) is 0 Å². The van der Waals surface area contributed by atoms with Crippen LogP contribution in [0, 0.1) is 12.8 Å². The van der Waals surface area contributed by atoms with E-state index >= 15 is 0 Å². The molecule has 0 saturated carbocycles. The van der Waals surface area contributed by atoms with Gasteiger partial charge in [-0.25, -0.2) is 4.79 Å². The predicted octanol–water partition coefficient (Wildman–Crippen LogP) is 3.98. The van der Waals surface area contributed by atoms with Crippen LogP contribution in [0.4, 0.5) is 18.9 Å². The van der Waals surface area contributed by atoms with Gasteiger partial charge in [0.15, 0.2) is 0 Å². The van der Waals surface area contributed by atoms with Crippen molar-refractivity contribution in [1.82, 2.24) is 20.4 Å². The second kappa shape index (κ2) is 10.6. The number of anilines is 1. The van der Waals surface area contributed by atoms with Crippen LogP contribution >= 0.6 is 0 Å². The first-order chi connectivity index (χ1) is 16.5. The molecule has 35 heavy (non-hydrogen) atoms. The normalized spacial score (nSPS) is 13.0. The molecule has 0 saturated heterocycles. The summed E-state index contributed by atoms with van der Waals surface area (Å²) in [7, 11) is 0. The summed E-state index contributed by atoms with van der Waals surface area (Å²) in [5.41, 5.74) is 5.73. The minimum absolute atomic E-state index is 0.0328. The topological polar surface area (TPSA) is 130 Å². The number of aryl methyl sites for hydroxylation is 1. The summed E-state index contributed by atoms with van der Waals surface area (Å²) in [6.45, 7) is 7.41. The summed E-state index contributed by atoms with van der Waals surface area (Å²) < 4.78 is 37.3. The molecule has 3 N–H and O–H groups in total. The van der Waals surface area contributed by atoms with Crippen LogP contribution in [0.15, 0.2) is 35.0 Å². The largest absolute Gasteiger partial charge is 0.490 e. The first-order valence-electron chi connectivity index (χ1n) is 10.7. The molecular formula is C23H24F3N5O4. The van der Waals surface area contributed by atoms with Gasteiger partial charge in [-0.05, 0) is 49.2 Å². The molecule has 0 fully saturated rings. The molecule has 2 aromatic heterocycles. The Hall–Kier alpha value is -3.80. The van der Waals surface area contributed by atoms with E-state index in [0.717, 1.165) is 36.3 Å². The highest BCUT2D eigenvalue weighted by Gasteiger charge is 2.38. The van der Waals surface area contributed by atoms with Crippen LogP contribution in [0.1, 0.15) is 30.7 Å². The number of amides is 1. The van der Waals surface area contributed by atoms with E-state index in [4.69, 9.17) is 14.4 Å². The molecule has 12 heteroatoms. The van der Waals surface area contributed by atoms with Crippen molar-refractivity contribution in [2.24, 2.45) is 5.92 Å². The van der Waals surface area contributed by atoms with Gasteiger partial charge in [-0.1, -0.05) is 25.1 Å². The Morgan fingerprint density at radius 2 is 1.97 bits per heavy atom. The van der Waals surface area contributed by atoms with E-state index in [2.05, 4.69) is 25.8 Å². The van der Waals surface area contributed by atoms with Crippen molar-refractivity contribution in [1.29, 1.82) is 0 Å². The average molecular weight is 491 g/mol. The van der Waals surface area contributed by atoms with Gasteiger partial charge in [-0.3, -0.25) is 9.78 Å². The zero-order valence-electron chi connectivity index (χ0n) is 19.2. The molecule has 0 bridgehead atoms. The zero-order chi connectivity index (χ0) is 25.8. The fraction of sp³-hybridized carbons (Fsp3) is 0.348. The molecule has 0 unspecified atom stereocenters. The van der Waals surface area contributed by atoms with Crippen LogP contribution in [0.5, 0.6) is 0 Å². The molecule has 1 aromatic carbocycles. The maximum atomic E-state index is 11.9. The molecule has 186 valence electrons. The molecule has 1 aliphatic rings. The lowest BCUT2D eigenvalue weighted by molar-refractivity contribution is -0.192. The van der Waals surface area contributed by atoms with Crippen LogP contribution in [0.3, 0.4) is 0 Å². The molecule has 0 radical (unpaired) electrons. The summed E-state index contributed by atoms with van der Waals surface area (Å²) >= 11 is 0. The number of pyridine rings is 1. The Morgan fingerprint density at radius 3 is 2.63 bits per heavy atom. The Bertz CT molecular complexity index is 1220. The Kier molecular flexibility index (Phi) is 7.85. The SMILES string of the molecule is Cc1ncc2c(c1-c1noc(-c3cccc(NC(=O)C(C)C)c3)n1)CCNC2.O=C(O)C(F)(F)F. The number of carboxylic acids is 1. The summed E-state index contributed by atoms with van der Waals surface area (Å²) in [4.78, 5) is 30.0. The average Bonchev–Trinajstić information content (AvgIpc) is 3.28. The van der Waals surface area contributed by atoms with E-state index < -0.39 is 12.1 Å². The first-order valence-corrected chi connectivity index (χ1v) is 10.7. The van der Waals surface area contributed by atoms with Gasteiger partial charge >= 0.3 is 12.1 Å². The van der Waals surface area contributed by atoms with E-state index in [1.165, 1.54) is 11.1 Å². The van der Waals surface area contributed by atoms with Crippen molar-refractivity contribution in [3.63, 3.8) is 0 Å². The van der Waals surface area contributed by atoms with Gasteiger partial charge in [0.1, 0.15) is 0 Å².